The van der Waals surface area contributed by atoms with Gasteiger partial charge in [0.15, 0.2) is 11.7 Å². The first kappa shape index (κ1) is 17.4. The van der Waals surface area contributed by atoms with Crippen molar-refractivity contribution >= 4 is 11.9 Å². The van der Waals surface area contributed by atoms with Crippen LogP contribution in [0.15, 0.2) is 60.7 Å². The molecule has 1 saturated carbocycles. The highest BCUT2D eigenvalue weighted by Crippen LogP contribution is 2.56. The van der Waals surface area contributed by atoms with E-state index in [1.807, 2.05) is 0 Å². The van der Waals surface area contributed by atoms with Gasteiger partial charge in [0.2, 0.25) is 0 Å². The number of epoxide rings is 2. The van der Waals surface area contributed by atoms with Gasteiger partial charge in [0, 0.05) is 0 Å². The molecule has 2 aliphatic heterocycles. The van der Waals surface area contributed by atoms with E-state index in [4.69, 9.17) is 18.9 Å². The Balaban J connectivity index is 1.28. The maximum atomic E-state index is 12.4. The molecule has 0 amide bonds. The Kier molecular flexibility index (Phi) is 3.97. The molecule has 2 heterocycles. The number of carbonyl (C=O) groups excluding carboxylic acids is 2. The summed E-state index contributed by atoms with van der Waals surface area (Å²) in [5.74, 6) is -1.05. The monoisotopic (exact) mass is 382 g/mol. The maximum absolute atomic E-state index is 12.4. The molecule has 7 heteroatoms. The van der Waals surface area contributed by atoms with Crippen molar-refractivity contribution in [1.82, 2.24) is 0 Å². The molecular formula is C21H18O7. The molecule has 7 nitrogen and oxygen atoms in total. The van der Waals surface area contributed by atoms with Crippen molar-refractivity contribution in [1.29, 1.82) is 0 Å². The van der Waals surface area contributed by atoms with Crippen LogP contribution < -0.4 is 0 Å². The molecular weight excluding hydrogens is 364 g/mol. The molecule has 28 heavy (non-hydrogen) atoms. The SMILES string of the molecule is O=C(OC[C@]12O[C@@H]1[C@@H]1O[C@H]1[C@H](OC(=O)c1ccccc1)[C@@H]2O)c1ccccc1. The summed E-state index contributed by atoms with van der Waals surface area (Å²) >= 11 is 0. The van der Waals surface area contributed by atoms with Crippen molar-refractivity contribution < 1.29 is 33.6 Å². The fourth-order valence-electron chi connectivity index (χ4n) is 3.82. The van der Waals surface area contributed by atoms with Crippen LogP contribution in [0.1, 0.15) is 20.7 Å². The van der Waals surface area contributed by atoms with Crippen LogP contribution in [0.4, 0.5) is 0 Å². The van der Waals surface area contributed by atoms with Gasteiger partial charge in [-0.25, -0.2) is 9.59 Å². The van der Waals surface area contributed by atoms with Crippen molar-refractivity contribution in [2.45, 2.75) is 36.1 Å². The van der Waals surface area contributed by atoms with Crippen molar-refractivity contribution in [3.8, 4) is 0 Å². The number of carbonyl (C=O) groups is 2. The third kappa shape index (κ3) is 2.79. The fourth-order valence-corrected chi connectivity index (χ4v) is 3.82. The van der Waals surface area contributed by atoms with Crippen LogP contribution in [0.3, 0.4) is 0 Å². The molecule has 6 atom stereocenters. The predicted octanol–water partition coefficient (Wildman–Crippen LogP) is 1.35. The Morgan fingerprint density at radius 3 is 2.18 bits per heavy atom. The largest absolute Gasteiger partial charge is 0.459 e. The maximum Gasteiger partial charge on any atom is 0.338 e. The number of benzene rings is 2. The second-order valence-electron chi connectivity index (χ2n) is 7.18. The highest BCUT2D eigenvalue weighted by molar-refractivity contribution is 5.90. The van der Waals surface area contributed by atoms with Gasteiger partial charge in [-0.1, -0.05) is 36.4 Å². The number of hydrogen-bond acceptors (Lipinski definition) is 7. The van der Waals surface area contributed by atoms with Gasteiger partial charge < -0.3 is 24.1 Å². The minimum atomic E-state index is -1.16. The topological polar surface area (TPSA) is 97.9 Å². The average molecular weight is 382 g/mol. The fraction of sp³-hybridized carbons (Fsp3) is 0.333. The molecule has 0 aromatic heterocycles. The highest BCUT2D eigenvalue weighted by atomic mass is 16.7. The average Bonchev–Trinajstić information content (AvgIpc) is 3.64. The molecule has 1 N–H and O–H groups in total. The lowest BCUT2D eigenvalue weighted by Crippen LogP contribution is -2.53. The first-order valence-electron chi connectivity index (χ1n) is 9.10. The molecule has 0 spiro atoms. The highest BCUT2D eigenvalue weighted by Gasteiger charge is 2.79. The van der Waals surface area contributed by atoms with E-state index >= 15 is 0 Å². The van der Waals surface area contributed by atoms with Gasteiger partial charge in [0.25, 0.3) is 0 Å². The lowest BCUT2D eigenvalue weighted by atomic mass is 9.84. The number of esters is 2. The summed E-state index contributed by atoms with van der Waals surface area (Å²) in [6.45, 7) is -0.140. The number of fused-ring (bicyclic) bond motifs is 3. The third-order valence-electron chi connectivity index (χ3n) is 5.46. The van der Waals surface area contributed by atoms with Gasteiger partial charge in [-0.3, -0.25) is 0 Å². The van der Waals surface area contributed by atoms with Gasteiger partial charge in [0.1, 0.15) is 31.0 Å². The summed E-state index contributed by atoms with van der Waals surface area (Å²) in [6, 6.07) is 17.1. The summed E-state index contributed by atoms with van der Waals surface area (Å²) < 4.78 is 22.1. The van der Waals surface area contributed by atoms with Crippen molar-refractivity contribution in [3.05, 3.63) is 71.8 Å². The van der Waals surface area contributed by atoms with Crippen LogP contribution in [0.5, 0.6) is 0 Å². The summed E-state index contributed by atoms with van der Waals surface area (Å²) in [6.07, 6.45) is -3.09. The molecule has 0 bridgehead atoms. The van der Waals surface area contributed by atoms with Crippen molar-refractivity contribution in [2.24, 2.45) is 0 Å². The zero-order chi connectivity index (χ0) is 19.3. The first-order valence-corrected chi connectivity index (χ1v) is 9.10. The van der Waals surface area contributed by atoms with Gasteiger partial charge in [0.05, 0.1) is 11.1 Å². The Labute approximate surface area is 160 Å². The zero-order valence-corrected chi connectivity index (χ0v) is 14.8. The van der Waals surface area contributed by atoms with Crippen LogP contribution in [0.25, 0.3) is 0 Å². The van der Waals surface area contributed by atoms with E-state index in [-0.39, 0.29) is 18.8 Å². The van der Waals surface area contributed by atoms with Crippen LogP contribution in [0.2, 0.25) is 0 Å². The Morgan fingerprint density at radius 2 is 1.54 bits per heavy atom. The van der Waals surface area contributed by atoms with E-state index < -0.39 is 35.9 Å². The molecule has 0 radical (unpaired) electrons. The van der Waals surface area contributed by atoms with Gasteiger partial charge in [-0.15, -0.1) is 0 Å². The number of hydrogen-bond donors (Lipinski definition) is 1. The quantitative estimate of drug-likeness (QED) is 0.616. The molecule has 2 aromatic carbocycles. The molecule has 2 aromatic rings. The minimum absolute atomic E-state index is 0.140. The van der Waals surface area contributed by atoms with Gasteiger partial charge in [-0.05, 0) is 24.3 Å². The van der Waals surface area contributed by atoms with E-state index in [0.29, 0.717) is 11.1 Å². The van der Waals surface area contributed by atoms with E-state index in [2.05, 4.69) is 0 Å². The van der Waals surface area contributed by atoms with Crippen LogP contribution in [-0.4, -0.2) is 59.8 Å². The first-order chi connectivity index (χ1) is 13.6. The zero-order valence-electron chi connectivity index (χ0n) is 14.8. The van der Waals surface area contributed by atoms with Crippen LogP contribution >= 0.6 is 0 Å². The third-order valence-corrected chi connectivity index (χ3v) is 5.46. The molecule has 3 aliphatic rings. The van der Waals surface area contributed by atoms with Crippen molar-refractivity contribution in [2.75, 3.05) is 6.61 Å². The van der Waals surface area contributed by atoms with Crippen LogP contribution in [-0.2, 0) is 18.9 Å². The van der Waals surface area contributed by atoms with E-state index in [1.165, 1.54) is 0 Å². The summed E-state index contributed by atoms with van der Waals surface area (Å²) in [7, 11) is 0. The summed E-state index contributed by atoms with van der Waals surface area (Å²) in [4.78, 5) is 24.6. The Bertz CT molecular complexity index is 899. The van der Waals surface area contributed by atoms with E-state index in [1.54, 1.807) is 60.7 Å². The number of aliphatic hydroxyl groups is 1. The second-order valence-corrected chi connectivity index (χ2v) is 7.18. The number of rotatable bonds is 5. The molecule has 5 rings (SSSR count). The van der Waals surface area contributed by atoms with Gasteiger partial charge in [-0.2, -0.15) is 0 Å². The number of ether oxygens (including phenoxy) is 4. The van der Waals surface area contributed by atoms with Crippen molar-refractivity contribution in [3.63, 3.8) is 0 Å². The molecule has 1 aliphatic carbocycles. The van der Waals surface area contributed by atoms with E-state index in [0.717, 1.165) is 0 Å². The standard InChI is InChI=1S/C21H18O7/c22-17-15(27-20(24)13-9-5-2-6-10-13)14-16(26-14)18-21(17,28-18)11-25-19(23)12-7-3-1-4-8-12/h1-10,14-18,22H,11H2/t14-,15-,16+,17-,18+,21+/m0/s1. The number of aliphatic hydroxyl groups excluding tert-OH is 1. The molecule has 2 saturated heterocycles. The molecule has 3 fully saturated rings. The smallest absolute Gasteiger partial charge is 0.338 e. The summed E-state index contributed by atoms with van der Waals surface area (Å²) in [5, 5.41) is 10.8. The van der Waals surface area contributed by atoms with Gasteiger partial charge >= 0.3 is 11.9 Å². The normalized spacial score (nSPS) is 34.5. The van der Waals surface area contributed by atoms with E-state index in [9.17, 15) is 14.7 Å². The lowest BCUT2D eigenvalue weighted by molar-refractivity contribution is -0.0725. The predicted molar refractivity (Wildman–Crippen MR) is 94.6 cm³/mol. The molecule has 0 unspecified atom stereocenters. The Hall–Kier alpha value is -2.74. The molecule has 144 valence electrons. The van der Waals surface area contributed by atoms with Crippen LogP contribution in [0, 0.1) is 0 Å². The summed E-state index contributed by atoms with van der Waals surface area (Å²) in [5.41, 5.74) is -0.312. The lowest BCUT2D eigenvalue weighted by Gasteiger charge is -2.29. The minimum Gasteiger partial charge on any atom is -0.459 e. The second kappa shape index (κ2) is 6.41. The Morgan fingerprint density at radius 1 is 0.929 bits per heavy atom.